The number of carbonyl (C=O) groups is 2. The summed E-state index contributed by atoms with van der Waals surface area (Å²) in [4.78, 5) is 29.6. The van der Waals surface area contributed by atoms with Crippen LogP contribution in [0.3, 0.4) is 0 Å². The Balaban J connectivity index is 1.63. The smallest absolute Gasteiger partial charge is 0.410 e. The number of ether oxygens (including phenoxy) is 1. The predicted molar refractivity (Wildman–Crippen MR) is 108 cm³/mol. The zero-order chi connectivity index (χ0) is 21.2. The normalized spacial score (nSPS) is 22.2. The van der Waals surface area contributed by atoms with Crippen LogP contribution in [0.2, 0.25) is 0 Å². The van der Waals surface area contributed by atoms with Gasteiger partial charge >= 0.3 is 6.09 Å². The molecular formula is C21H28F2N2O3S. The molecule has 0 aromatic heterocycles. The van der Waals surface area contributed by atoms with Crippen molar-refractivity contribution in [2.24, 2.45) is 0 Å². The number of hydrogen-bond donors (Lipinski definition) is 0. The van der Waals surface area contributed by atoms with Gasteiger partial charge < -0.3 is 14.5 Å². The highest BCUT2D eigenvalue weighted by molar-refractivity contribution is 8.00. The molecular weight excluding hydrogens is 398 g/mol. The van der Waals surface area contributed by atoms with Crippen molar-refractivity contribution in [2.45, 2.75) is 69.0 Å². The van der Waals surface area contributed by atoms with Crippen LogP contribution in [0.5, 0.6) is 0 Å². The molecule has 2 saturated heterocycles. The Morgan fingerprint density at radius 3 is 2.31 bits per heavy atom. The van der Waals surface area contributed by atoms with Crippen LogP contribution >= 0.6 is 11.8 Å². The number of amides is 2. The highest BCUT2D eigenvalue weighted by Crippen LogP contribution is 2.32. The molecule has 3 rings (SSSR count). The number of halogens is 2. The van der Waals surface area contributed by atoms with Crippen molar-refractivity contribution in [3.05, 3.63) is 29.8 Å². The summed E-state index contributed by atoms with van der Waals surface area (Å²) in [7, 11) is 0. The van der Waals surface area contributed by atoms with Gasteiger partial charge in [0.15, 0.2) is 11.6 Å². The van der Waals surface area contributed by atoms with Crippen molar-refractivity contribution >= 4 is 23.8 Å². The number of rotatable bonds is 4. The van der Waals surface area contributed by atoms with E-state index in [4.69, 9.17) is 4.74 Å². The van der Waals surface area contributed by atoms with Crippen molar-refractivity contribution in [1.82, 2.24) is 9.80 Å². The van der Waals surface area contributed by atoms with Crippen LogP contribution in [0.1, 0.15) is 46.5 Å². The molecule has 2 aliphatic heterocycles. The van der Waals surface area contributed by atoms with Gasteiger partial charge in [-0.2, -0.15) is 0 Å². The van der Waals surface area contributed by atoms with Gasteiger partial charge in [-0.15, -0.1) is 11.8 Å². The van der Waals surface area contributed by atoms with E-state index < -0.39 is 17.2 Å². The maximum atomic E-state index is 13.4. The first-order chi connectivity index (χ1) is 13.7. The summed E-state index contributed by atoms with van der Waals surface area (Å²) in [5.41, 5.74) is -0.559. The van der Waals surface area contributed by atoms with E-state index in [1.54, 1.807) is 4.90 Å². The van der Waals surface area contributed by atoms with Gasteiger partial charge in [-0.3, -0.25) is 4.79 Å². The molecule has 0 spiro atoms. The Hall–Kier alpha value is -1.83. The summed E-state index contributed by atoms with van der Waals surface area (Å²) >= 11 is 1.19. The largest absolute Gasteiger partial charge is 0.444 e. The summed E-state index contributed by atoms with van der Waals surface area (Å²) in [5, 5.41) is 0. The van der Waals surface area contributed by atoms with Gasteiger partial charge in [0.25, 0.3) is 0 Å². The van der Waals surface area contributed by atoms with Crippen molar-refractivity contribution < 1.29 is 23.1 Å². The van der Waals surface area contributed by atoms with Gasteiger partial charge in [0.1, 0.15) is 5.60 Å². The van der Waals surface area contributed by atoms with Gasteiger partial charge in [-0.25, -0.2) is 13.6 Å². The molecule has 2 fully saturated rings. The van der Waals surface area contributed by atoms with Gasteiger partial charge in [0, 0.05) is 18.0 Å². The average molecular weight is 427 g/mol. The Kier molecular flexibility index (Phi) is 6.71. The van der Waals surface area contributed by atoms with Crippen LogP contribution in [0.25, 0.3) is 0 Å². The molecule has 0 radical (unpaired) electrons. The average Bonchev–Trinajstić information content (AvgIpc) is 3.29. The summed E-state index contributed by atoms with van der Waals surface area (Å²) in [6.07, 6.45) is 3.17. The van der Waals surface area contributed by atoms with Crippen LogP contribution in [-0.2, 0) is 9.53 Å². The fourth-order valence-corrected chi connectivity index (χ4v) is 4.84. The molecule has 5 nitrogen and oxygen atoms in total. The molecule has 2 aliphatic rings. The van der Waals surface area contributed by atoms with Crippen molar-refractivity contribution in [3.8, 4) is 0 Å². The van der Waals surface area contributed by atoms with E-state index in [-0.39, 0.29) is 29.8 Å². The topological polar surface area (TPSA) is 49.9 Å². The third-order valence-electron chi connectivity index (χ3n) is 5.24. The molecule has 29 heavy (non-hydrogen) atoms. The van der Waals surface area contributed by atoms with Gasteiger partial charge in [-0.1, -0.05) is 0 Å². The summed E-state index contributed by atoms with van der Waals surface area (Å²) < 4.78 is 32.0. The first-order valence-electron chi connectivity index (χ1n) is 10.0. The van der Waals surface area contributed by atoms with E-state index in [0.29, 0.717) is 18.0 Å². The lowest BCUT2D eigenvalue weighted by Gasteiger charge is -2.35. The number of thioether (sulfide) groups is 1. The van der Waals surface area contributed by atoms with Crippen LogP contribution in [0.4, 0.5) is 13.6 Å². The number of likely N-dealkylation sites (tertiary alicyclic amines) is 2. The lowest BCUT2D eigenvalue weighted by Crippen LogP contribution is -2.51. The number of hydrogen-bond acceptors (Lipinski definition) is 4. The highest BCUT2D eigenvalue weighted by Gasteiger charge is 2.42. The molecule has 1 aromatic carbocycles. The Morgan fingerprint density at radius 2 is 1.69 bits per heavy atom. The first-order valence-corrected chi connectivity index (χ1v) is 11.0. The summed E-state index contributed by atoms with van der Waals surface area (Å²) in [6.45, 7) is 6.83. The molecule has 0 N–H and O–H groups in total. The van der Waals surface area contributed by atoms with Crippen LogP contribution < -0.4 is 0 Å². The molecule has 1 aromatic rings. The van der Waals surface area contributed by atoms with E-state index in [1.807, 2.05) is 25.7 Å². The van der Waals surface area contributed by atoms with Crippen LogP contribution in [-0.4, -0.2) is 58.3 Å². The lowest BCUT2D eigenvalue weighted by molar-refractivity contribution is -0.130. The van der Waals surface area contributed by atoms with Crippen LogP contribution in [0.15, 0.2) is 23.1 Å². The third kappa shape index (κ3) is 5.41. The molecule has 0 bridgehead atoms. The second-order valence-electron chi connectivity index (χ2n) is 8.54. The van der Waals surface area contributed by atoms with Crippen LogP contribution in [0, 0.1) is 11.6 Å². The number of carbonyl (C=O) groups excluding carboxylic acids is 2. The molecule has 2 amide bonds. The first kappa shape index (κ1) is 21.9. The van der Waals surface area contributed by atoms with E-state index in [9.17, 15) is 18.4 Å². The molecule has 0 saturated carbocycles. The van der Waals surface area contributed by atoms with E-state index in [1.165, 1.54) is 17.8 Å². The zero-order valence-electron chi connectivity index (χ0n) is 17.1. The van der Waals surface area contributed by atoms with Crippen molar-refractivity contribution in [3.63, 3.8) is 0 Å². The molecule has 160 valence electrons. The highest BCUT2D eigenvalue weighted by atomic mass is 32.2. The predicted octanol–water partition coefficient (Wildman–Crippen LogP) is 4.45. The molecule has 0 aliphatic carbocycles. The maximum absolute atomic E-state index is 13.4. The molecule has 2 heterocycles. The fourth-order valence-electron chi connectivity index (χ4n) is 4.04. The van der Waals surface area contributed by atoms with Gasteiger partial charge in [0.2, 0.25) is 5.91 Å². The maximum Gasteiger partial charge on any atom is 0.410 e. The second-order valence-corrected chi connectivity index (χ2v) is 9.59. The van der Waals surface area contributed by atoms with E-state index in [0.717, 1.165) is 37.8 Å². The minimum absolute atomic E-state index is 0.0249. The molecule has 8 heteroatoms. The lowest BCUT2D eigenvalue weighted by atomic mass is 10.0. The standard InChI is InChI=1S/C21H28F2N2O3S/c1-21(2,3)28-20(27)25-11-5-7-18(25)17-6-4-10-24(17)19(26)13-29-14-8-9-15(22)16(23)12-14/h8-9,12,17-18H,4-7,10-11,13H2,1-3H3/t17-,18-/m0/s1. The van der Waals surface area contributed by atoms with Crippen molar-refractivity contribution in [2.75, 3.05) is 18.8 Å². The van der Waals surface area contributed by atoms with Crippen molar-refractivity contribution in [1.29, 1.82) is 0 Å². The Morgan fingerprint density at radius 1 is 1.07 bits per heavy atom. The monoisotopic (exact) mass is 426 g/mol. The minimum Gasteiger partial charge on any atom is -0.444 e. The number of nitrogens with zero attached hydrogens (tertiary/aromatic N) is 2. The summed E-state index contributed by atoms with van der Waals surface area (Å²) in [5.74, 6) is -1.71. The number of benzene rings is 1. The second kappa shape index (κ2) is 8.90. The van der Waals surface area contributed by atoms with E-state index in [2.05, 4.69) is 0 Å². The van der Waals surface area contributed by atoms with E-state index >= 15 is 0 Å². The zero-order valence-corrected chi connectivity index (χ0v) is 17.9. The third-order valence-corrected chi connectivity index (χ3v) is 6.22. The Bertz CT molecular complexity index is 769. The SMILES string of the molecule is CC(C)(C)OC(=O)N1CCC[C@H]1[C@@H]1CCCN1C(=O)CSc1ccc(F)c(F)c1. The Labute approximate surface area is 174 Å². The minimum atomic E-state index is -0.916. The molecule has 2 atom stereocenters. The summed E-state index contributed by atoms with van der Waals surface area (Å²) in [6, 6.07) is 3.58. The van der Waals surface area contributed by atoms with Gasteiger partial charge in [0.05, 0.1) is 17.8 Å². The fraction of sp³-hybridized carbons (Fsp3) is 0.619. The van der Waals surface area contributed by atoms with Gasteiger partial charge in [-0.05, 0) is 64.7 Å². The quantitative estimate of drug-likeness (QED) is 0.668. The molecule has 0 unspecified atom stereocenters.